The normalized spacial score (nSPS) is 13.3. The molecule has 7 heteroatoms. The quantitative estimate of drug-likeness (QED) is 0.644. The molecule has 0 unspecified atom stereocenters. The number of aromatic nitrogens is 2. The first-order chi connectivity index (χ1) is 12.3. The van der Waals surface area contributed by atoms with Crippen molar-refractivity contribution in [2.75, 3.05) is 6.79 Å². The van der Waals surface area contributed by atoms with Gasteiger partial charge in [-0.3, -0.25) is 0 Å². The summed E-state index contributed by atoms with van der Waals surface area (Å²) >= 11 is 1.36. The van der Waals surface area contributed by atoms with Crippen LogP contribution in [0.1, 0.15) is 22.6 Å². The Hall–Kier alpha value is -2.38. The molecule has 1 aromatic heterocycles. The number of ether oxygens (including phenoxy) is 2. The van der Waals surface area contributed by atoms with Gasteiger partial charge in [0.15, 0.2) is 6.79 Å². The van der Waals surface area contributed by atoms with Gasteiger partial charge in [-0.05, 0) is 17.7 Å². The third kappa shape index (κ3) is 3.83. The van der Waals surface area contributed by atoms with Gasteiger partial charge in [0.25, 0.3) is 5.22 Å². The van der Waals surface area contributed by atoms with Gasteiger partial charge >= 0.3 is 0 Å². The van der Waals surface area contributed by atoms with Crippen molar-refractivity contribution in [3.8, 4) is 5.75 Å². The lowest BCUT2D eigenvalue weighted by atomic mass is 10.1. The van der Waals surface area contributed by atoms with Crippen LogP contribution in [0.2, 0.25) is 0 Å². The Morgan fingerprint density at radius 2 is 2.00 bits per heavy atom. The fraction of sp³-hybridized carbons (Fsp3) is 0.222. The van der Waals surface area contributed by atoms with Crippen molar-refractivity contribution in [1.82, 2.24) is 10.2 Å². The van der Waals surface area contributed by atoms with Crippen LogP contribution in [-0.2, 0) is 23.5 Å². The number of nitrogens with zero attached hydrogens (tertiary/aromatic N) is 2. The van der Waals surface area contributed by atoms with E-state index in [1.165, 1.54) is 23.9 Å². The number of hydrogen-bond acceptors (Lipinski definition) is 6. The largest absolute Gasteiger partial charge is 0.467 e. The van der Waals surface area contributed by atoms with Gasteiger partial charge in [-0.1, -0.05) is 42.1 Å². The summed E-state index contributed by atoms with van der Waals surface area (Å²) in [7, 11) is 0. The van der Waals surface area contributed by atoms with Gasteiger partial charge < -0.3 is 13.9 Å². The van der Waals surface area contributed by atoms with E-state index >= 15 is 0 Å². The summed E-state index contributed by atoms with van der Waals surface area (Å²) in [5.41, 5.74) is 2.58. The zero-order valence-corrected chi connectivity index (χ0v) is 14.1. The molecule has 25 heavy (non-hydrogen) atoms. The molecule has 2 heterocycles. The van der Waals surface area contributed by atoms with Gasteiger partial charge in [0.1, 0.15) is 11.6 Å². The van der Waals surface area contributed by atoms with Crippen LogP contribution in [0.15, 0.2) is 52.1 Å². The standard InChI is InChI=1S/C18H15FN2O3S/c19-15-7-13-9-22-11-23-17(13)14(8-15)10-25-18-21-20-16(24-18)6-12-4-2-1-3-5-12/h1-5,7-8H,6,9-11H2. The summed E-state index contributed by atoms with van der Waals surface area (Å²) in [6, 6.07) is 12.8. The molecule has 1 aliphatic rings. The third-order valence-electron chi connectivity index (χ3n) is 3.75. The van der Waals surface area contributed by atoms with Crippen LogP contribution in [0.5, 0.6) is 5.75 Å². The van der Waals surface area contributed by atoms with Crippen LogP contribution in [0.25, 0.3) is 0 Å². The van der Waals surface area contributed by atoms with Crippen molar-refractivity contribution in [2.24, 2.45) is 0 Å². The van der Waals surface area contributed by atoms with Crippen LogP contribution in [0, 0.1) is 5.82 Å². The third-order valence-corrected chi connectivity index (χ3v) is 4.62. The Balaban J connectivity index is 1.45. The Kier molecular flexibility index (Phi) is 4.67. The molecular formula is C18H15FN2O3S. The minimum atomic E-state index is -0.307. The monoisotopic (exact) mass is 358 g/mol. The van der Waals surface area contributed by atoms with E-state index in [1.807, 2.05) is 30.3 Å². The van der Waals surface area contributed by atoms with Crippen LogP contribution in [0.4, 0.5) is 4.39 Å². The zero-order chi connectivity index (χ0) is 17.1. The van der Waals surface area contributed by atoms with Crippen molar-refractivity contribution in [3.05, 3.63) is 70.9 Å². The molecule has 0 fully saturated rings. The first kappa shape index (κ1) is 16.1. The van der Waals surface area contributed by atoms with Crippen molar-refractivity contribution in [2.45, 2.75) is 24.0 Å². The average molecular weight is 358 g/mol. The van der Waals surface area contributed by atoms with Crippen LogP contribution in [0.3, 0.4) is 0 Å². The lowest BCUT2D eigenvalue weighted by Gasteiger charge is -2.20. The highest BCUT2D eigenvalue weighted by atomic mass is 32.2. The molecule has 3 aromatic rings. The van der Waals surface area contributed by atoms with Crippen molar-refractivity contribution >= 4 is 11.8 Å². The molecule has 0 amide bonds. The maximum absolute atomic E-state index is 13.8. The highest BCUT2D eigenvalue weighted by Crippen LogP contribution is 2.33. The van der Waals surface area contributed by atoms with Gasteiger partial charge in [0, 0.05) is 16.9 Å². The SMILES string of the molecule is Fc1cc2c(c(CSc3nnc(Cc4ccccc4)o3)c1)OCOC2. The summed E-state index contributed by atoms with van der Waals surface area (Å²) in [4.78, 5) is 0. The molecule has 0 N–H and O–H groups in total. The smallest absolute Gasteiger partial charge is 0.276 e. The number of rotatable bonds is 5. The van der Waals surface area contributed by atoms with Gasteiger partial charge in [-0.25, -0.2) is 4.39 Å². The second kappa shape index (κ2) is 7.25. The first-order valence-electron chi connectivity index (χ1n) is 7.79. The molecule has 0 bridgehead atoms. The minimum absolute atomic E-state index is 0.179. The molecule has 0 radical (unpaired) electrons. The maximum Gasteiger partial charge on any atom is 0.276 e. The lowest BCUT2D eigenvalue weighted by molar-refractivity contribution is -0.0171. The fourth-order valence-electron chi connectivity index (χ4n) is 2.64. The van der Waals surface area contributed by atoms with Crippen LogP contribution in [-0.4, -0.2) is 17.0 Å². The second-order valence-electron chi connectivity index (χ2n) is 5.58. The topological polar surface area (TPSA) is 57.4 Å². The lowest BCUT2D eigenvalue weighted by Crippen LogP contribution is -2.13. The molecule has 0 aliphatic carbocycles. The van der Waals surface area contributed by atoms with E-state index in [1.54, 1.807) is 0 Å². The Labute approximate surface area is 148 Å². The molecule has 0 spiro atoms. The van der Waals surface area contributed by atoms with E-state index in [9.17, 15) is 4.39 Å². The van der Waals surface area contributed by atoms with Crippen molar-refractivity contribution in [3.63, 3.8) is 0 Å². The summed E-state index contributed by atoms with van der Waals surface area (Å²) < 4.78 is 30.1. The van der Waals surface area contributed by atoms with Gasteiger partial charge in [0.2, 0.25) is 5.89 Å². The molecule has 5 nitrogen and oxygen atoms in total. The second-order valence-corrected chi connectivity index (χ2v) is 6.50. The Bertz CT molecular complexity index is 870. The van der Waals surface area contributed by atoms with Crippen molar-refractivity contribution < 1.29 is 18.3 Å². The van der Waals surface area contributed by atoms with E-state index in [0.717, 1.165) is 16.7 Å². The number of benzene rings is 2. The van der Waals surface area contributed by atoms with E-state index in [-0.39, 0.29) is 12.6 Å². The molecule has 4 rings (SSSR count). The summed E-state index contributed by atoms with van der Waals surface area (Å²) in [5, 5.41) is 8.57. The summed E-state index contributed by atoms with van der Waals surface area (Å²) in [6.07, 6.45) is 0.588. The maximum atomic E-state index is 13.8. The zero-order valence-electron chi connectivity index (χ0n) is 13.3. The number of fused-ring (bicyclic) bond motifs is 1. The highest BCUT2D eigenvalue weighted by molar-refractivity contribution is 7.98. The van der Waals surface area contributed by atoms with Crippen LogP contribution < -0.4 is 4.74 Å². The summed E-state index contributed by atoms with van der Waals surface area (Å²) in [6.45, 7) is 0.532. The van der Waals surface area contributed by atoms with Gasteiger partial charge in [-0.15, -0.1) is 10.2 Å². The van der Waals surface area contributed by atoms with Crippen molar-refractivity contribution in [1.29, 1.82) is 0 Å². The first-order valence-corrected chi connectivity index (χ1v) is 8.77. The molecular weight excluding hydrogens is 343 g/mol. The Morgan fingerprint density at radius 1 is 1.12 bits per heavy atom. The molecule has 1 aliphatic heterocycles. The highest BCUT2D eigenvalue weighted by Gasteiger charge is 2.18. The predicted molar refractivity (Wildman–Crippen MR) is 89.8 cm³/mol. The molecule has 0 saturated carbocycles. The molecule has 0 atom stereocenters. The fourth-order valence-corrected chi connectivity index (χ4v) is 3.39. The van der Waals surface area contributed by atoms with E-state index in [4.69, 9.17) is 13.9 Å². The van der Waals surface area contributed by atoms with E-state index in [0.29, 0.717) is 35.6 Å². The molecule has 0 saturated heterocycles. The Morgan fingerprint density at radius 3 is 2.88 bits per heavy atom. The molecule has 128 valence electrons. The van der Waals surface area contributed by atoms with E-state index < -0.39 is 0 Å². The van der Waals surface area contributed by atoms with Gasteiger partial charge in [0.05, 0.1) is 13.0 Å². The molecule has 2 aromatic carbocycles. The summed E-state index contributed by atoms with van der Waals surface area (Å²) in [5.74, 6) is 1.41. The number of hydrogen-bond donors (Lipinski definition) is 0. The van der Waals surface area contributed by atoms with Gasteiger partial charge in [-0.2, -0.15) is 0 Å². The minimum Gasteiger partial charge on any atom is -0.467 e. The number of thioether (sulfide) groups is 1. The average Bonchev–Trinajstić information content (AvgIpc) is 3.08. The van der Waals surface area contributed by atoms with E-state index in [2.05, 4.69) is 10.2 Å². The predicted octanol–water partition coefficient (Wildman–Crippen LogP) is 3.96. The van der Waals surface area contributed by atoms with Crippen LogP contribution >= 0.6 is 11.8 Å². The number of halogens is 1.